The van der Waals surface area contributed by atoms with Crippen molar-refractivity contribution in [1.29, 1.82) is 0 Å². The highest BCUT2D eigenvalue weighted by atomic mass is 32.2. The predicted octanol–water partition coefficient (Wildman–Crippen LogP) is 3.52. The third-order valence-corrected chi connectivity index (χ3v) is 9.01. The molecule has 0 spiro atoms. The van der Waals surface area contributed by atoms with Gasteiger partial charge < -0.3 is 24.6 Å². The predicted molar refractivity (Wildman–Crippen MR) is 155 cm³/mol. The Morgan fingerprint density at radius 1 is 1.12 bits per heavy atom. The summed E-state index contributed by atoms with van der Waals surface area (Å²) in [7, 11) is -3.78. The summed E-state index contributed by atoms with van der Waals surface area (Å²) in [6.07, 6.45) is -2.34. The van der Waals surface area contributed by atoms with Crippen LogP contribution in [0.5, 0.6) is 0 Å². The molecule has 9 nitrogen and oxygen atoms in total. The van der Waals surface area contributed by atoms with Gasteiger partial charge in [-0.3, -0.25) is 4.79 Å². The highest BCUT2D eigenvalue weighted by Gasteiger charge is 2.38. The van der Waals surface area contributed by atoms with Crippen molar-refractivity contribution in [3.05, 3.63) is 65.5 Å². The number of morpholine rings is 1. The molecule has 2 aromatic carbocycles. The van der Waals surface area contributed by atoms with Crippen LogP contribution in [0, 0.1) is 11.2 Å². The molecule has 4 rings (SSSR count). The fraction of sp³-hybridized carbons (Fsp3) is 0.533. The SMILES string of the molecule is CC(C)(CNC(=O)O[C@@H](CS(=O)(=O)Cc1ccccc1)C(=O)N1CCOCC1)CN1CC(C)(C)c2cc(F)ccc21. The summed E-state index contributed by atoms with van der Waals surface area (Å²) in [4.78, 5) is 29.8. The van der Waals surface area contributed by atoms with Crippen LogP contribution in [0.15, 0.2) is 48.5 Å². The van der Waals surface area contributed by atoms with Gasteiger partial charge in [0.15, 0.2) is 15.9 Å². The van der Waals surface area contributed by atoms with Gasteiger partial charge in [0, 0.05) is 43.8 Å². The smallest absolute Gasteiger partial charge is 0.407 e. The first kappa shape index (κ1) is 30.8. The van der Waals surface area contributed by atoms with Gasteiger partial charge in [0.2, 0.25) is 0 Å². The van der Waals surface area contributed by atoms with Gasteiger partial charge in [-0.05, 0) is 34.7 Å². The molecule has 2 amide bonds. The van der Waals surface area contributed by atoms with Crippen LogP contribution in [-0.4, -0.2) is 83.1 Å². The van der Waals surface area contributed by atoms with Crippen molar-refractivity contribution in [1.82, 2.24) is 10.2 Å². The first-order valence-corrected chi connectivity index (χ1v) is 15.7. The number of carbonyl (C=O) groups is 2. The summed E-state index contributed by atoms with van der Waals surface area (Å²) < 4.78 is 50.8. The normalized spacial score (nSPS) is 17.6. The standard InChI is InChI=1S/C30H40FN3O6S/c1-29(2,20-34-21-30(3,4)24-16-23(31)10-11-25(24)34)19-32-28(36)40-26(27(35)33-12-14-39-15-13-33)18-41(37,38)17-22-8-6-5-7-9-22/h5-11,16,26H,12-15,17-21H2,1-4H3,(H,32,36)/t26-/m0/s1. The van der Waals surface area contributed by atoms with E-state index in [2.05, 4.69) is 24.1 Å². The number of benzene rings is 2. The number of ether oxygens (including phenoxy) is 2. The highest BCUT2D eigenvalue weighted by Crippen LogP contribution is 2.41. The van der Waals surface area contributed by atoms with E-state index in [1.54, 1.807) is 42.5 Å². The first-order chi connectivity index (χ1) is 19.2. The van der Waals surface area contributed by atoms with Crippen LogP contribution in [-0.2, 0) is 35.3 Å². The molecule has 224 valence electrons. The van der Waals surface area contributed by atoms with Crippen molar-refractivity contribution in [3.63, 3.8) is 0 Å². The summed E-state index contributed by atoms with van der Waals surface area (Å²) >= 11 is 0. The molecule has 2 heterocycles. The van der Waals surface area contributed by atoms with Gasteiger partial charge in [0.05, 0.1) is 24.7 Å². The van der Waals surface area contributed by atoms with Crippen molar-refractivity contribution in [2.24, 2.45) is 5.41 Å². The van der Waals surface area contributed by atoms with E-state index >= 15 is 0 Å². The molecular weight excluding hydrogens is 549 g/mol. The number of hydrogen-bond acceptors (Lipinski definition) is 7. The molecule has 1 atom stereocenters. The number of amides is 2. The molecule has 2 aliphatic rings. The summed E-state index contributed by atoms with van der Waals surface area (Å²) in [5.74, 6) is -1.71. The van der Waals surface area contributed by atoms with E-state index < -0.39 is 39.1 Å². The number of rotatable bonds is 10. The number of anilines is 1. The molecule has 0 radical (unpaired) electrons. The molecule has 41 heavy (non-hydrogen) atoms. The molecule has 0 saturated carbocycles. The van der Waals surface area contributed by atoms with Crippen molar-refractivity contribution in [3.8, 4) is 0 Å². The van der Waals surface area contributed by atoms with E-state index in [4.69, 9.17) is 9.47 Å². The zero-order valence-corrected chi connectivity index (χ0v) is 25.0. The minimum absolute atomic E-state index is 0.217. The molecule has 0 bridgehead atoms. The monoisotopic (exact) mass is 589 g/mol. The van der Waals surface area contributed by atoms with Gasteiger partial charge in [-0.25, -0.2) is 17.6 Å². The quantitative estimate of drug-likeness (QED) is 0.452. The van der Waals surface area contributed by atoms with Crippen molar-refractivity contribution in [2.45, 2.75) is 45.0 Å². The summed E-state index contributed by atoms with van der Waals surface area (Å²) in [5, 5.41) is 2.74. The van der Waals surface area contributed by atoms with E-state index in [0.29, 0.717) is 45.0 Å². The molecule has 0 unspecified atom stereocenters. The van der Waals surface area contributed by atoms with Crippen molar-refractivity contribution < 1.29 is 31.9 Å². The maximum Gasteiger partial charge on any atom is 0.407 e. The average Bonchev–Trinajstić information content (AvgIpc) is 3.15. The van der Waals surface area contributed by atoms with E-state index in [9.17, 15) is 22.4 Å². The molecule has 1 saturated heterocycles. The molecule has 1 fully saturated rings. The van der Waals surface area contributed by atoms with Crippen LogP contribution in [0.25, 0.3) is 0 Å². The maximum atomic E-state index is 13.9. The van der Waals surface area contributed by atoms with E-state index in [0.717, 1.165) is 11.3 Å². The minimum Gasteiger partial charge on any atom is -0.435 e. The Kier molecular flexibility index (Phi) is 9.28. The van der Waals surface area contributed by atoms with E-state index in [1.165, 1.54) is 11.0 Å². The third kappa shape index (κ3) is 8.19. The topological polar surface area (TPSA) is 105 Å². The number of alkyl carbamates (subject to hydrolysis) is 1. The molecule has 0 aliphatic carbocycles. The summed E-state index contributed by atoms with van der Waals surface area (Å²) in [6, 6.07) is 13.5. The molecule has 2 aliphatic heterocycles. The number of fused-ring (bicyclic) bond motifs is 1. The van der Waals surface area contributed by atoms with Crippen LogP contribution in [0.3, 0.4) is 0 Å². The van der Waals surface area contributed by atoms with Gasteiger partial charge in [-0.15, -0.1) is 0 Å². The maximum absolute atomic E-state index is 13.9. The minimum atomic E-state index is -3.78. The van der Waals surface area contributed by atoms with Gasteiger partial charge >= 0.3 is 6.09 Å². The van der Waals surface area contributed by atoms with Crippen molar-refractivity contribution >= 4 is 27.5 Å². The average molecular weight is 590 g/mol. The Bertz CT molecular complexity index is 1340. The van der Waals surface area contributed by atoms with Gasteiger partial charge in [-0.1, -0.05) is 58.0 Å². The fourth-order valence-corrected chi connectivity index (χ4v) is 6.92. The Hall–Kier alpha value is -3.18. The lowest BCUT2D eigenvalue weighted by molar-refractivity contribution is -0.143. The van der Waals surface area contributed by atoms with Gasteiger partial charge in [0.1, 0.15) is 5.82 Å². The Morgan fingerprint density at radius 2 is 1.80 bits per heavy atom. The Balaban J connectivity index is 1.40. The van der Waals surface area contributed by atoms with E-state index in [1.807, 2.05) is 13.8 Å². The van der Waals surface area contributed by atoms with Gasteiger partial charge in [-0.2, -0.15) is 0 Å². The summed E-state index contributed by atoms with van der Waals surface area (Å²) in [5.41, 5.74) is 1.85. The second kappa shape index (κ2) is 12.4. The molecule has 0 aromatic heterocycles. The number of halogens is 1. The number of nitrogens with one attached hydrogen (secondary N) is 1. The highest BCUT2D eigenvalue weighted by molar-refractivity contribution is 7.90. The zero-order valence-electron chi connectivity index (χ0n) is 24.2. The molecular formula is C30H40FN3O6S. The van der Waals surface area contributed by atoms with Crippen molar-refractivity contribution in [2.75, 3.05) is 56.6 Å². The molecule has 11 heteroatoms. The lowest BCUT2D eigenvalue weighted by Gasteiger charge is -2.33. The molecule has 2 aromatic rings. The lowest BCUT2D eigenvalue weighted by Crippen LogP contribution is -2.50. The number of sulfone groups is 1. The Morgan fingerprint density at radius 3 is 2.49 bits per heavy atom. The number of nitrogens with zero attached hydrogens (tertiary/aromatic N) is 2. The number of hydrogen-bond donors (Lipinski definition) is 1. The van der Waals surface area contributed by atoms with Crippen LogP contribution < -0.4 is 10.2 Å². The molecule has 1 N–H and O–H groups in total. The van der Waals surface area contributed by atoms with E-state index in [-0.39, 0.29) is 23.5 Å². The second-order valence-corrected chi connectivity index (χ2v) is 14.4. The first-order valence-electron chi connectivity index (χ1n) is 13.9. The Labute approximate surface area is 241 Å². The zero-order chi connectivity index (χ0) is 29.8. The lowest BCUT2D eigenvalue weighted by atomic mass is 9.87. The van der Waals surface area contributed by atoms with Crippen LogP contribution in [0.4, 0.5) is 14.9 Å². The number of carbonyl (C=O) groups excluding carboxylic acids is 2. The second-order valence-electron chi connectivity index (χ2n) is 12.3. The largest absolute Gasteiger partial charge is 0.435 e. The summed E-state index contributed by atoms with van der Waals surface area (Å²) in [6.45, 7) is 10.9. The third-order valence-electron chi connectivity index (χ3n) is 7.43. The fourth-order valence-electron chi connectivity index (χ4n) is 5.43. The van der Waals surface area contributed by atoms with Gasteiger partial charge in [0.25, 0.3) is 5.91 Å². The van der Waals surface area contributed by atoms with Crippen LogP contribution in [0.1, 0.15) is 38.8 Å². The van der Waals surface area contributed by atoms with Crippen LogP contribution >= 0.6 is 0 Å². The van der Waals surface area contributed by atoms with Crippen LogP contribution in [0.2, 0.25) is 0 Å².